The van der Waals surface area contributed by atoms with E-state index in [1.54, 1.807) is 32.4 Å². The maximum Gasteiger partial charge on any atom is 0.251 e. The van der Waals surface area contributed by atoms with Crippen LogP contribution >= 0.6 is 24.0 Å². The molecule has 2 aromatic carbocycles. The van der Waals surface area contributed by atoms with E-state index in [-0.39, 0.29) is 42.3 Å². The fourth-order valence-electron chi connectivity index (χ4n) is 2.84. The highest BCUT2D eigenvalue weighted by Crippen LogP contribution is 2.12. The van der Waals surface area contributed by atoms with Crippen molar-refractivity contribution in [1.82, 2.24) is 16.0 Å². The van der Waals surface area contributed by atoms with E-state index in [0.29, 0.717) is 30.2 Å². The maximum absolute atomic E-state index is 13.7. The minimum absolute atomic E-state index is 0. The van der Waals surface area contributed by atoms with E-state index in [1.165, 1.54) is 6.07 Å². The second-order valence-corrected chi connectivity index (χ2v) is 6.51. The Morgan fingerprint density at radius 1 is 1.13 bits per heavy atom. The summed E-state index contributed by atoms with van der Waals surface area (Å²) in [5.74, 6) is 0.318. The third-order valence-electron chi connectivity index (χ3n) is 4.30. The number of benzene rings is 2. The Morgan fingerprint density at radius 2 is 1.93 bits per heavy atom. The molecular weight excluding hydrogens is 498 g/mol. The van der Waals surface area contributed by atoms with E-state index >= 15 is 0 Å². The lowest BCUT2D eigenvalue weighted by molar-refractivity contribution is 0.0963. The monoisotopic (exact) mass is 528 g/mol. The Labute approximate surface area is 194 Å². The number of halogens is 2. The summed E-state index contributed by atoms with van der Waals surface area (Å²) >= 11 is 0. The highest BCUT2D eigenvalue weighted by atomic mass is 127. The quantitative estimate of drug-likeness (QED) is 0.266. The normalized spacial score (nSPS) is 10.9. The molecular formula is C22H30FIN4O2. The molecule has 0 aliphatic rings. The van der Waals surface area contributed by atoms with Gasteiger partial charge in [0.05, 0.1) is 13.2 Å². The van der Waals surface area contributed by atoms with Crippen LogP contribution in [-0.2, 0) is 24.3 Å². The van der Waals surface area contributed by atoms with E-state index in [1.807, 2.05) is 25.1 Å². The first kappa shape index (κ1) is 25.8. The van der Waals surface area contributed by atoms with Crippen LogP contribution in [0.3, 0.4) is 0 Å². The van der Waals surface area contributed by atoms with E-state index in [2.05, 4.69) is 20.9 Å². The van der Waals surface area contributed by atoms with Gasteiger partial charge in [0, 0.05) is 38.4 Å². The highest BCUT2D eigenvalue weighted by molar-refractivity contribution is 14.0. The lowest BCUT2D eigenvalue weighted by Gasteiger charge is -2.12. The van der Waals surface area contributed by atoms with E-state index < -0.39 is 0 Å². The van der Waals surface area contributed by atoms with Crippen LogP contribution in [0, 0.1) is 5.82 Å². The van der Waals surface area contributed by atoms with E-state index in [0.717, 1.165) is 24.1 Å². The summed E-state index contributed by atoms with van der Waals surface area (Å²) in [4.78, 5) is 16.3. The zero-order valence-electron chi connectivity index (χ0n) is 17.6. The van der Waals surface area contributed by atoms with Crippen molar-refractivity contribution in [2.75, 3.05) is 27.2 Å². The molecule has 2 aromatic rings. The van der Waals surface area contributed by atoms with Gasteiger partial charge in [0.25, 0.3) is 5.91 Å². The lowest BCUT2D eigenvalue weighted by atomic mass is 10.1. The number of carbonyl (C=O) groups excluding carboxylic acids is 1. The fraction of sp³-hybridized carbons (Fsp3) is 0.364. The van der Waals surface area contributed by atoms with Gasteiger partial charge in [-0.15, -0.1) is 24.0 Å². The SMILES string of the molecule is CCNC(=NCc1ccc(F)c(COC)c1)NCCc1cccc(C(=O)NC)c1.I. The second-order valence-electron chi connectivity index (χ2n) is 6.51. The molecule has 0 unspecified atom stereocenters. The molecule has 2 rings (SSSR count). The summed E-state index contributed by atoms with van der Waals surface area (Å²) in [5, 5.41) is 9.13. The first-order valence-corrected chi connectivity index (χ1v) is 9.66. The Morgan fingerprint density at radius 3 is 2.63 bits per heavy atom. The van der Waals surface area contributed by atoms with Crippen molar-refractivity contribution in [3.8, 4) is 0 Å². The van der Waals surface area contributed by atoms with Crippen molar-refractivity contribution in [2.45, 2.75) is 26.5 Å². The fourth-order valence-corrected chi connectivity index (χ4v) is 2.84. The summed E-state index contributed by atoms with van der Waals surface area (Å²) in [6.07, 6.45) is 0.754. The van der Waals surface area contributed by atoms with Crippen molar-refractivity contribution in [3.05, 3.63) is 70.5 Å². The van der Waals surface area contributed by atoms with Gasteiger partial charge in [-0.1, -0.05) is 18.2 Å². The van der Waals surface area contributed by atoms with Gasteiger partial charge in [0.1, 0.15) is 5.82 Å². The molecule has 8 heteroatoms. The Hall–Kier alpha value is -2.20. The molecule has 0 bridgehead atoms. The molecule has 0 aliphatic carbocycles. The molecule has 3 N–H and O–H groups in total. The average Bonchev–Trinajstić information content (AvgIpc) is 2.74. The van der Waals surface area contributed by atoms with Crippen LogP contribution in [0.25, 0.3) is 0 Å². The second kappa shape index (κ2) is 13.9. The van der Waals surface area contributed by atoms with Gasteiger partial charge in [0.15, 0.2) is 5.96 Å². The number of aliphatic imine (C=N–C) groups is 1. The molecule has 0 radical (unpaired) electrons. The van der Waals surface area contributed by atoms with Gasteiger partial charge >= 0.3 is 0 Å². The minimum Gasteiger partial charge on any atom is -0.380 e. The molecule has 0 heterocycles. The first-order valence-electron chi connectivity index (χ1n) is 9.66. The van der Waals surface area contributed by atoms with Gasteiger partial charge in [-0.05, 0) is 48.7 Å². The van der Waals surface area contributed by atoms with Crippen LogP contribution in [0.1, 0.15) is 34.0 Å². The van der Waals surface area contributed by atoms with Crippen LogP contribution in [0.2, 0.25) is 0 Å². The zero-order valence-corrected chi connectivity index (χ0v) is 20.0. The van der Waals surface area contributed by atoms with E-state index in [9.17, 15) is 9.18 Å². The Bertz CT molecular complexity index is 846. The molecule has 0 saturated carbocycles. The highest BCUT2D eigenvalue weighted by Gasteiger charge is 2.05. The molecule has 30 heavy (non-hydrogen) atoms. The molecule has 6 nitrogen and oxygen atoms in total. The van der Waals surface area contributed by atoms with Crippen LogP contribution in [0.5, 0.6) is 0 Å². The molecule has 0 saturated heterocycles. The number of hydrogen-bond donors (Lipinski definition) is 3. The molecule has 0 fully saturated rings. The number of rotatable bonds is 9. The third-order valence-corrected chi connectivity index (χ3v) is 4.30. The molecule has 1 amide bonds. The number of amides is 1. The average molecular weight is 528 g/mol. The molecule has 164 valence electrons. The Kier molecular flexibility index (Phi) is 12.0. The largest absolute Gasteiger partial charge is 0.380 e. The van der Waals surface area contributed by atoms with Gasteiger partial charge in [0.2, 0.25) is 0 Å². The predicted molar refractivity (Wildman–Crippen MR) is 129 cm³/mol. The number of guanidine groups is 1. The van der Waals surface area contributed by atoms with Crippen molar-refractivity contribution in [3.63, 3.8) is 0 Å². The number of nitrogens with one attached hydrogen (secondary N) is 3. The van der Waals surface area contributed by atoms with Crippen molar-refractivity contribution in [2.24, 2.45) is 4.99 Å². The summed E-state index contributed by atoms with van der Waals surface area (Å²) in [7, 11) is 3.16. The number of ether oxygens (including phenoxy) is 1. The Balaban J connectivity index is 0.00000450. The summed E-state index contributed by atoms with van der Waals surface area (Å²) in [6.45, 7) is 4.06. The summed E-state index contributed by atoms with van der Waals surface area (Å²) in [5.41, 5.74) is 3.15. The topological polar surface area (TPSA) is 74.8 Å². The number of methoxy groups -OCH3 is 1. The van der Waals surface area contributed by atoms with Crippen LogP contribution in [0.15, 0.2) is 47.5 Å². The molecule has 0 aliphatic heterocycles. The molecule has 0 spiro atoms. The van der Waals surface area contributed by atoms with Crippen LogP contribution in [0.4, 0.5) is 4.39 Å². The summed E-state index contributed by atoms with van der Waals surface area (Å²) in [6, 6.07) is 12.5. The van der Waals surface area contributed by atoms with Crippen molar-refractivity contribution >= 4 is 35.8 Å². The predicted octanol–water partition coefficient (Wildman–Crippen LogP) is 3.25. The maximum atomic E-state index is 13.7. The first-order chi connectivity index (χ1) is 14.1. The van der Waals surface area contributed by atoms with Gasteiger partial charge < -0.3 is 20.7 Å². The molecule has 0 atom stereocenters. The van der Waals surface area contributed by atoms with Crippen molar-refractivity contribution in [1.29, 1.82) is 0 Å². The van der Waals surface area contributed by atoms with E-state index in [4.69, 9.17) is 4.74 Å². The third kappa shape index (κ3) is 8.27. The summed E-state index contributed by atoms with van der Waals surface area (Å²) < 4.78 is 18.8. The lowest BCUT2D eigenvalue weighted by Crippen LogP contribution is -2.38. The minimum atomic E-state index is -0.274. The number of hydrogen-bond acceptors (Lipinski definition) is 3. The number of nitrogens with zero attached hydrogens (tertiary/aromatic N) is 1. The van der Waals surface area contributed by atoms with Crippen molar-refractivity contribution < 1.29 is 13.9 Å². The van der Waals surface area contributed by atoms with Crippen LogP contribution in [-0.4, -0.2) is 39.1 Å². The van der Waals surface area contributed by atoms with Crippen LogP contribution < -0.4 is 16.0 Å². The zero-order chi connectivity index (χ0) is 21.1. The standard InChI is InChI=1S/C22H29FN4O2.HI/c1-4-25-22(27-14-17-8-9-20(23)19(13-17)15-29-3)26-11-10-16-6-5-7-18(12-16)21(28)24-2;/h5-9,12-13H,4,10-11,14-15H2,1-3H3,(H,24,28)(H2,25,26,27);1H. The smallest absolute Gasteiger partial charge is 0.251 e. The van der Waals surface area contributed by atoms with Gasteiger partial charge in [-0.2, -0.15) is 0 Å². The van der Waals surface area contributed by atoms with Gasteiger partial charge in [-0.3, -0.25) is 4.79 Å². The van der Waals surface area contributed by atoms with Gasteiger partial charge in [-0.25, -0.2) is 9.38 Å². The molecule has 0 aromatic heterocycles. The number of carbonyl (C=O) groups is 1.